The van der Waals surface area contributed by atoms with Crippen LogP contribution in [0.25, 0.3) is 0 Å². The van der Waals surface area contributed by atoms with E-state index in [1.54, 1.807) is 17.0 Å². The Kier molecular flexibility index (Phi) is 7.68. The first-order valence-corrected chi connectivity index (χ1v) is 10.6. The van der Waals surface area contributed by atoms with Crippen molar-refractivity contribution in [2.24, 2.45) is 0 Å². The zero-order valence-electron chi connectivity index (χ0n) is 17.3. The van der Waals surface area contributed by atoms with Crippen molar-refractivity contribution in [1.82, 2.24) is 10.2 Å². The number of benzene rings is 2. The van der Waals surface area contributed by atoms with Gasteiger partial charge in [0.1, 0.15) is 0 Å². The molecule has 1 heterocycles. The molecule has 1 aliphatic heterocycles. The number of amides is 2. The maximum absolute atomic E-state index is 12.5. The molecule has 2 amide bonds. The van der Waals surface area contributed by atoms with Gasteiger partial charge in [-0.15, -0.1) is 0 Å². The van der Waals surface area contributed by atoms with E-state index in [0.29, 0.717) is 31.5 Å². The molecule has 0 aliphatic carbocycles. The van der Waals surface area contributed by atoms with Crippen LogP contribution in [-0.2, 0) is 11.3 Å². The van der Waals surface area contributed by atoms with E-state index < -0.39 is 0 Å². The minimum absolute atomic E-state index is 0.0955. The second-order valence-electron chi connectivity index (χ2n) is 7.65. The molecular formula is C24H31N3O2. The fraction of sp³-hybridized carbons (Fsp3) is 0.417. The van der Waals surface area contributed by atoms with Gasteiger partial charge in [-0.2, -0.15) is 0 Å². The van der Waals surface area contributed by atoms with E-state index in [4.69, 9.17) is 0 Å². The van der Waals surface area contributed by atoms with Crippen LogP contribution < -0.4 is 10.2 Å². The molecule has 0 aromatic heterocycles. The van der Waals surface area contributed by atoms with Gasteiger partial charge in [0.2, 0.25) is 5.91 Å². The van der Waals surface area contributed by atoms with Crippen molar-refractivity contribution in [2.75, 3.05) is 31.6 Å². The van der Waals surface area contributed by atoms with Gasteiger partial charge in [0.05, 0.1) is 0 Å². The van der Waals surface area contributed by atoms with Gasteiger partial charge >= 0.3 is 0 Å². The summed E-state index contributed by atoms with van der Waals surface area (Å²) in [6, 6.07) is 17.5. The van der Waals surface area contributed by atoms with Crippen molar-refractivity contribution in [1.29, 1.82) is 0 Å². The van der Waals surface area contributed by atoms with Crippen LogP contribution in [0.4, 0.5) is 5.69 Å². The Labute approximate surface area is 173 Å². The molecule has 5 nitrogen and oxygen atoms in total. The normalized spacial score (nSPS) is 13.8. The van der Waals surface area contributed by atoms with E-state index in [1.165, 1.54) is 30.5 Å². The topological polar surface area (TPSA) is 52.6 Å². The molecule has 1 N–H and O–H groups in total. The van der Waals surface area contributed by atoms with E-state index in [2.05, 4.69) is 28.4 Å². The van der Waals surface area contributed by atoms with Crippen LogP contribution >= 0.6 is 0 Å². The van der Waals surface area contributed by atoms with Gasteiger partial charge in [-0.25, -0.2) is 0 Å². The highest BCUT2D eigenvalue weighted by Gasteiger charge is 2.16. The Bertz CT molecular complexity index is 801. The van der Waals surface area contributed by atoms with E-state index in [-0.39, 0.29) is 11.8 Å². The predicted octanol–water partition coefficient (Wildman–Crippen LogP) is 3.85. The molecule has 1 aliphatic rings. The van der Waals surface area contributed by atoms with Crippen molar-refractivity contribution in [3.05, 3.63) is 65.7 Å². The van der Waals surface area contributed by atoms with Gasteiger partial charge in [-0.1, -0.05) is 36.4 Å². The van der Waals surface area contributed by atoms with Crippen molar-refractivity contribution in [3.8, 4) is 0 Å². The quantitative estimate of drug-likeness (QED) is 0.693. The molecular weight excluding hydrogens is 362 g/mol. The molecule has 5 heteroatoms. The van der Waals surface area contributed by atoms with Crippen LogP contribution in [0.15, 0.2) is 54.6 Å². The first kappa shape index (κ1) is 20.9. The SMILES string of the molecule is CN(Cc1ccccc1N1CCCCC1)C(=O)CCCNC(=O)c1ccccc1. The van der Waals surface area contributed by atoms with Crippen LogP contribution in [0, 0.1) is 0 Å². The van der Waals surface area contributed by atoms with Crippen LogP contribution in [0.5, 0.6) is 0 Å². The predicted molar refractivity (Wildman–Crippen MR) is 117 cm³/mol. The number of rotatable bonds is 8. The number of carbonyl (C=O) groups excluding carboxylic acids is 2. The lowest BCUT2D eigenvalue weighted by Crippen LogP contribution is -2.32. The lowest BCUT2D eigenvalue weighted by atomic mass is 10.1. The summed E-state index contributed by atoms with van der Waals surface area (Å²) in [5.41, 5.74) is 3.09. The number of nitrogens with one attached hydrogen (secondary N) is 1. The summed E-state index contributed by atoms with van der Waals surface area (Å²) >= 11 is 0. The minimum atomic E-state index is -0.0955. The zero-order chi connectivity index (χ0) is 20.5. The van der Waals surface area contributed by atoms with Gasteiger partial charge in [-0.05, 0) is 49.4 Å². The smallest absolute Gasteiger partial charge is 0.251 e. The van der Waals surface area contributed by atoms with Gasteiger partial charge in [0.25, 0.3) is 5.91 Å². The lowest BCUT2D eigenvalue weighted by molar-refractivity contribution is -0.130. The third kappa shape index (κ3) is 6.08. The molecule has 2 aromatic carbocycles. The summed E-state index contributed by atoms with van der Waals surface area (Å²) in [7, 11) is 1.86. The Hall–Kier alpha value is -2.82. The third-order valence-electron chi connectivity index (χ3n) is 5.41. The molecule has 0 spiro atoms. The minimum Gasteiger partial charge on any atom is -0.371 e. The highest BCUT2D eigenvalue weighted by molar-refractivity contribution is 5.94. The number of hydrogen-bond acceptors (Lipinski definition) is 3. The molecule has 29 heavy (non-hydrogen) atoms. The average molecular weight is 394 g/mol. The van der Waals surface area contributed by atoms with E-state index in [9.17, 15) is 9.59 Å². The highest BCUT2D eigenvalue weighted by atomic mass is 16.2. The van der Waals surface area contributed by atoms with E-state index in [1.807, 2.05) is 31.3 Å². The Morgan fingerprint density at radius 3 is 2.41 bits per heavy atom. The first-order valence-electron chi connectivity index (χ1n) is 10.6. The largest absolute Gasteiger partial charge is 0.371 e. The average Bonchev–Trinajstić information content (AvgIpc) is 2.78. The van der Waals surface area contributed by atoms with Crippen LogP contribution in [0.1, 0.15) is 48.0 Å². The van der Waals surface area contributed by atoms with E-state index >= 15 is 0 Å². The summed E-state index contributed by atoms with van der Waals surface area (Å²) in [5.74, 6) is 0.00858. The van der Waals surface area contributed by atoms with Crippen molar-refractivity contribution < 1.29 is 9.59 Å². The maximum atomic E-state index is 12.5. The second-order valence-corrected chi connectivity index (χ2v) is 7.65. The highest BCUT2D eigenvalue weighted by Crippen LogP contribution is 2.25. The van der Waals surface area contributed by atoms with Gasteiger partial charge < -0.3 is 15.1 Å². The van der Waals surface area contributed by atoms with E-state index in [0.717, 1.165) is 13.1 Å². The molecule has 0 bridgehead atoms. The Balaban J connectivity index is 1.45. The first-order chi connectivity index (χ1) is 14.1. The number of para-hydroxylation sites is 1. The molecule has 0 atom stereocenters. The third-order valence-corrected chi connectivity index (χ3v) is 5.41. The molecule has 2 aromatic rings. The molecule has 0 unspecified atom stereocenters. The number of nitrogens with zero attached hydrogens (tertiary/aromatic N) is 2. The number of anilines is 1. The fourth-order valence-corrected chi connectivity index (χ4v) is 3.76. The Morgan fingerprint density at radius 2 is 1.66 bits per heavy atom. The van der Waals surface area contributed by atoms with Gasteiger partial charge in [-0.3, -0.25) is 9.59 Å². The molecule has 3 rings (SSSR count). The molecule has 1 fully saturated rings. The van der Waals surface area contributed by atoms with Crippen molar-refractivity contribution in [3.63, 3.8) is 0 Å². The second kappa shape index (κ2) is 10.6. The summed E-state index contributed by atoms with van der Waals surface area (Å²) < 4.78 is 0. The number of hydrogen-bond donors (Lipinski definition) is 1. The molecule has 0 saturated carbocycles. The standard InChI is InChI=1S/C24H31N3O2/c1-26(19-21-13-6-7-14-22(21)27-17-8-3-9-18-27)23(28)15-10-16-25-24(29)20-11-4-2-5-12-20/h2,4-7,11-14H,3,8-10,15-19H2,1H3,(H,25,29). The lowest BCUT2D eigenvalue weighted by Gasteiger charge is -2.31. The Morgan fingerprint density at radius 1 is 0.966 bits per heavy atom. The summed E-state index contributed by atoms with van der Waals surface area (Å²) in [4.78, 5) is 28.8. The van der Waals surface area contributed by atoms with Crippen LogP contribution in [-0.4, -0.2) is 43.4 Å². The number of carbonyl (C=O) groups is 2. The monoisotopic (exact) mass is 393 g/mol. The van der Waals surface area contributed by atoms with Crippen LogP contribution in [0.2, 0.25) is 0 Å². The maximum Gasteiger partial charge on any atom is 0.251 e. The fourth-order valence-electron chi connectivity index (χ4n) is 3.76. The molecule has 1 saturated heterocycles. The summed E-state index contributed by atoms with van der Waals surface area (Å²) in [5, 5.41) is 2.88. The van der Waals surface area contributed by atoms with Gasteiger partial charge in [0, 0.05) is 50.9 Å². The number of piperidine rings is 1. The van der Waals surface area contributed by atoms with Crippen LogP contribution in [0.3, 0.4) is 0 Å². The zero-order valence-corrected chi connectivity index (χ0v) is 17.3. The molecule has 154 valence electrons. The molecule has 0 radical (unpaired) electrons. The van der Waals surface area contributed by atoms with Crippen molar-refractivity contribution in [2.45, 2.75) is 38.6 Å². The van der Waals surface area contributed by atoms with Gasteiger partial charge in [0.15, 0.2) is 0 Å². The summed E-state index contributed by atoms with van der Waals surface area (Å²) in [6.07, 6.45) is 4.83. The van der Waals surface area contributed by atoms with Crippen molar-refractivity contribution >= 4 is 17.5 Å². The summed E-state index contributed by atoms with van der Waals surface area (Å²) in [6.45, 7) is 3.30.